The number of hydrogen-bond acceptors (Lipinski definition) is 4. The monoisotopic (exact) mass is 313 g/mol. The topological polar surface area (TPSA) is 80.3 Å². The van der Waals surface area contributed by atoms with Crippen molar-refractivity contribution in [3.05, 3.63) is 59.4 Å². The zero-order valence-corrected chi connectivity index (χ0v) is 13.3. The highest BCUT2D eigenvalue weighted by atomic mass is 16.5. The van der Waals surface area contributed by atoms with E-state index in [9.17, 15) is 9.59 Å². The van der Waals surface area contributed by atoms with Gasteiger partial charge in [-0.05, 0) is 43.2 Å². The molecule has 0 bridgehead atoms. The molecule has 0 aliphatic carbocycles. The van der Waals surface area contributed by atoms with Gasteiger partial charge in [0.2, 0.25) is 0 Å². The molecular formula is C17H19N3O3. The molecule has 2 aromatic rings. The molecule has 0 fully saturated rings. The summed E-state index contributed by atoms with van der Waals surface area (Å²) in [5.74, 6) is -0.447. The average Bonchev–Trinajstić information content (AvgIpc) is 2.56. The van der Waals surface area contributed by atoms with Crippen LogP contribution < -0.4 is 10.6 Å². The molecule has 0 unspecified atom stereocenters. The molecule has 0 aliphatic heterocycles. The van der Waals surface area contributed by atoms with E-state index in [2.05, 4.69) is 20.4 Å². The summed E-state index contributed by atoms with van der Waals surface area (Å²) < 4.78 is 4.68. The Morgan fingerprint density at radius 2 is 2.04 bits per heavy atom. The van der Waals surface area contributed by atoms with Crippen LogP contribution in [-0.4, -0.2) is 24.1 Å². The van der Waals surface area contributed by atoms with Crippen molar-refractivity contribution < 1.29 is 14.3 Å². The summed E-state index contributed by atoms with van der Waals surface area (Å²) in [6.07, 6.45) is 3.38. The van der Waals surface area contributed by atoms with Crippen molar-refractivity contribution in [3.63, 3.8) is 0 Å². The summed E-state index contributed by atoms with van der Waals surface area (Å²) in [7, 11) is 1.32. The first-order valence-corrected chi connectivity index (χ1v) is 7.17. The number of esters is 1. The molecule has 120 valence electrons. The van der Waals surface area contributed by atoms with Gasteiger partial charge in [0.05, 0.1) is 18.7 Å². The summed E-state index contributed by atoms with van der Waals surface area (Å²) in [5, 5.41) is 5.58. The van der Waals surface area contributed by atoms with Crippen LogP contribution in [0, 0.1) is 6.92 Å². The van der Waals surface area contributed by atoms with Gasteiger partial charge >= 0.3 is 12.0 Å². The lowest BCUT2D eigenvalue weighted by Gasteiger charge is -2.16. The summed E-state index contributed by atoms with van der Waals surface area (Å²) in [5.41, 5.74) is 2.70. The molecule has 1 atom stereocenters. The molecule has 0 saturated heterocycles. The lowest BCUT2D eigenvalue weighted by molar-refractivity contribution is 0.0600. The largest absolute Gasteiger partial charge is 0.465 e. The van der Waals surface area contributed by atoms with E-state index in [0.29, 0.717) is 11.3 Å². The van der Waals surface area contributed by atoms with Crippen molar-refractivity contribution in [2.75, 3.05) is 12.4 Å². The number of carbonyl (C=O) groups excluding carboxylic acids is 2. The highest BCUT2D eigenvalue weighted by molar-refractivity contribution is 5.94. The Hall–Kier alpha value is -2.89. The van der Waals surface area contributed by atoms with Crippen molar-refractivity contribution in [1.82, 2.24) is 10.3 Å². The molecule has 1 aromatic carbocycles. The predicted octanol–water partition coefficient (Wildman–Crippen LogP) is 3.06. The second kappa shape index (κ2) is 7.40. The van der Waals surface area contributed by atoms with Crippen LogP contribution in [0.2, 0.25) is 0 Å². The second-order valence-electron chi connectivity index (χ2n) is 5.13. The van der Waals surface area contributed by atoms with Gasteiger partial charge in [-0.15, -0.1) is 0 Å². The Morgan fingerprint density at radius 1 is 1.26 bits per heavy atom. The number of hydrogen-bond donors (Lipinski definition) is 2. The first kappa shape index (κ1) is 16.5. The fourth-order valence-corrected chi connectivity index (χ4v) is 2.07. The number of urea groups is 1. The molecular weight excluding hydrogens is 294 g/mol. The molecule has 6 nitrogen and oxygen atoms in total. The number of anilines is 1. The molecule has 23 heavy (non-hydrogen) atoms. The fourth-order valence-electron chi connectivity index (χ4n) is 2.07. The number of rotatable bonds is 4. The second-order valence-corrected chi connectivity index (χ2v) is 5.13. The van der Waals surface area contributed by atoms with Crippen LogP contribution in [0.5, 0.6) is 0 Å². The maximum absolute atomic E-state index is 12.1. The van der Waals surface area contributed by atoms with Crippen LogP contribution >= 0.6 is 0 Å². The molecule has 2 rings (SSSR count). The first-order chi connectivity index (χ1) is 11.0. The van der Waals surface area contributed by atoms with Gasteiger partial charge in [0.25, 0.3) is 0 Å². The lowest BCUT2D eigenvalue weighted by atomic mass is 10.1. The quantitative estimate of drug-likeness (QED) is 0.850. The third-order valence-electron chi connectivity index (χ3n) is 3.44. The number of pyridine rings is 1. The molecule has 2 N–H and O–H groups in total. The van der Waals surface area contributed by atoms with Crippen LogP contribution in [0.4, 0.5) is 10.5 Å². The Balaban J connectivity index is 2.06. The number of nitrogens with zero attached hydrogens (tertiary/aromatic N) is 1. The number of benzene rings is 1. The van der Waals surface area contributed by atoms with Crippen molar-refractivity contribution in [2.45, 2.75) is 19.9 Å². The van der Waals surface area contributed by atoms with Gasteiger partial charge in [-0.25, -0.2) is 9.59 Å². The van der Waals surface area contributed by atoms with Crippen molar-refractivity contribution in [2.24, 2.45) is 0 Å². The van der Waals surface area contributed by atoms with Gasteiger partial charge in [0.15, 0.2) is 0 Å². The minimum Gasteiger partial charge on any atom is -0.465 e. The van der Waals surface area contributed by atoms with Crippen LogP contribution in [0.1, 0.15) is 34.5 Å². The molecule has 0 spiro atoms. The molecule has 2 amide bonds. The van der Waals surface area contributed by atoms with Gasteiger partial charge in [0.1, 0.15) is 0 Å². The van der Waals surface area contributed by atoms with E-state index in [1.165, 1.54) is 7.11 Å². The zero-order valence-electron chi connectivity index (χ0n) is 13.3. The summed E-state index contributed by atoms with van der Waals surface area (Å²) in [6, 6.07) is 8.17. The van der Waals surface area contributed by atoms with E-state index >= 15 is 0 Å². The Morgan fingerprint density at radius 3 is 2.70 bits per heavy atom. The third kappa shape index (κ3) is 4.29. The number of nitrogens with one attached hydrogen (secondary N) is 2. The maximum Gasteiger partial charge on any atom is 0.337 e. The van der Waals surface area contributed by atoms with Gasteiger partial charge in [-0.3, -0.25) is 4.98 Å². The van der Waals surface area contributed by atoms with E-state index in [0.717, 1.165) is 11.1 Å². The Labute approximate surface area is 134 Å². The van der Waals surface area contributed by atoms with Crippen LogP contribution in [0.15, 0.2) is 42.7 Å². The minimum atomic E-state index is -0.447. The maximum atomic E-state index is 12.1. The number of aryl methyl sites for hydroxylation is 1. The zero-order chi connectivity index (χ0) is 16.8. The number of carbonyl (C=O) groups is 2. The van der Waals surface area contributed by atoms with Crippen molar-refractivity contribution >= 4 is 17.7 Å². The van der Waals surface area contributed by atoms with Gasteiger partial charge < -0.3 is 15.4 Å². The smallest absolute Gasteiger partial charge is 0.337 e. The molecule has 0 radical (unpaired) electrons. The normalized spacial score (nSPS) is 11.4. The number of ether oxygens (including phenoxy) is 1. The minimum absolute atomic E-state index is 0.187. The summed E-state index contributed by atoms with van der Waals surface area (Å²) in [4.78, 5) is 27.7. The standard InChI is InChI=1S/C17H19N3O3/c1-11-6-7-13(16(21)23-3)9-15(11)20-17(22)19-12(2)14-5-4-8-18-10-14/h4-10,12H,1-3H3,(H2,19,20,22)/t12-/m1/s1. The molecule has 1 aromatic heterocycles. The Kier molecular flexibility index (Phi) is 5.30. The Bertz CT molecular complexity index is 701. The van der Waals surface area contributed by atoms with Crippen molar-refractivity contribution in [3.8, 4) is 0 Å². The predicted molar refractivity (Wildman–Crippen MR) is 87.3 cm³/mol. The fraction of sp³-hybridized carbons (Fsp3) is 0.235. The van der Waals surface area contributed by atoms with Crippen molar-refractivity contribution in [1.29, 1.82) is 0 Å². The van der Waals surface area contributed by atoms with Crippen LogP contribution in [-0.2, 0) is 4.74 Å². The highest BCUT2D eigenvalue weighted by Crippen LogP contribution is 2.18. The summed E-state index contributed by atoms with van der Waals surface area (Å²) in [6.45, 7) is 3.72. The van der Waals surface area contributed by atoms with E-state index in [4.69, 9.17) is 0 Å². The van der Waals surface area contributed by atoms with Gasteiger partial charge in [-0.1, -0.05) is 12.1 Å². The lowest BCUT2D eigenvalue weighted by Crippen LogP contribution is -2.31. The molecule has 1 heterocycles. The first-order valence-electron chi connectivity index (χ1n) is 7.17. The van der Waals surface area contributed by atoms with E-state index in [1.807, 2.05) is 26.0 Å². The van der Waals surface area contributed by atoms with Gasteiger partial charge in [0, 0.05) is 18.1 Å². The van der Waals surface area contributed by atoms with Gasteiger partial charge in [-0.2, -0.15) is 0 Å². The van der Waals surface area contributed by atoms with E-state index in [-0.39, 0.29) is 12.1 Å². The molecule has 0 aliphatic rings. The highest BCUT2D eigenvalue weighted by Gasteiger charge is 2.12. The SMILES string of the molecule is COC(=O)c1ccc(C)c(NC(=O)N[C@H](C)c2cccnc2)c1. The molecule has 0 saturated carbocycles. The number of amides is 2. The summed E-state index contributed by atoms with van der Waals surface area (Å²) >= 11 is 0. The number of methoxy groups -OCH3 is 1. The molecule has 6 heteroatoms. The van der Waals surface area contributed by atoms with Crippen LogP contribution in [0.25, 0.3) is 0 Å². The van der Waals surface area contributed by atoms with Crippen LogP contribution in [0.3, 0.4) is 0 Å². The van der Waals surface area contributed by atoms with E-state index < -0.39 is 5.97 Å². The average molecular weight is 313 g/mol. The number of aromatic nitrogens is 1. The third-order valence-corrected chi connectivity index (χ3v) is 3.44. The van der Waals surface area contributed by atoms with E-state index in [1.54, 1.807) is 30.6 Å².